The molecule has 0 bridgehead atoms. The molecule has 0 aliphatic carbocycles. The molecular weight excluding hydrogens is 348 g/mol. The zero-order valence-corrected chi connectivity index (χ0v) is 15.3. The van der Waals surface area contributed by atoms with E-state index in [1.165, 1.54) is 6.33 Å². The summed E-state index contributed by atoms with van der Waals surface area (Å²) in [7, 11) is 0. The van der Waals surface area contributed by atoms with E-state index in [0.29, 0.717) is 42.6 Å². The molecule has 0 spiro atoms. The first-order chi connectivity index (χ1) is 13.3. The smallest absolute Gasteiger partial charge is 0.234 e. The van der Waals surface area contributed by atoms with Crippen molar-refractivity contribution in [2.24, 2.45) is 0 Å². The molecule has 1 fully saturated rings. The van der Waals surface area contributed by atoms with Crippen LogP contribution in [0.3, 0.4) is 0 Å². The minimum atomic E-state index is -0.196. The molecular formula is C18H24N6O3. The Morgan fingerprint density at radius 3 is 3.04 bits per heavy atom. The number of aromatic nitrogens is 4. The largest absolute Gasteiger partial charge is 0.467 e. The quantitative estimate of drug-likeness (QED) is 0.609. The van der Waals surface area contributed by atoms with Crippen LogP contribution in [-0.4, -0.2) is 37.9 Å². The molecule has 9 heteroatoms. The standard InChI is InChI=1S/C18H24N6O3/c1-2-8-23(25)18-22-15-16(19-11-13-6-5-10-26-13)20-12-21-17(15)24(18)14-7-3-4-9-27-14/h5-6,10,12,14,25H,2-4,7-9,11H2,1H3,(H,19,20,21). The van der Waals surface area contributed by atoms with Crippen molar-refractivity contribution in [1.29, 1.82) is 0 Å². The van der Waals surface area contributed by atoms with Crippen LogP contribution in [0.5, 0.6) is 0 Å². The molecule has 4 rings (SSSR count). The predicted molar refractivity (Wildman–Crippen MR) is 99.6 cm³/mol. The molecule has 1 unspecified atom stereocenters. The van der Waals surface area contributed by atoms with E-state index < -0.39 is 0 Å². The number of hydrogen-bond acceptors (Lipinski definition) is 8. The van der Waals surface area contributed by atoms with E-state index in [2.05, 4.69) is 20.3 Å². The van der Waals surface area contributed by atoms with E-state index in [1.54, 1.807) is 6.26 Å². The minimum Gasteiger partial charge on any atom is -0.467 e. The van der Waals surface area contributed by atoms with Crippen molar-refractivity contribution in [3.05, 3.63) is 30.5 Å². The van der Waals surface area contributed by atoms with Crippen molar-refractivity contribution < 1.29 is 14.4 Å². The van der Waals surface area contributed by atoms with E-state index in [4.69, 9.17) is 9.15 Å². The summed E-state index contributed by atoms with van der Waals surface area (Å²) in [5.41, 5.74) is 1.24. The number of fused-ring (bicyclic) bond motifs is 1. The zero-order chi connectivity index (χ0) is 18.6. The number of hydroxylamine groups is 1. The number of rotatable bonds is 7. The lowest BCUT2D eigenvalue weighted by Crippen LogP contribution is -2.27. The molecule has 0 saturated carbocycles. The van der Waals surface area contributed by atoms with Crippen LogP contribution in [0.25, 0.3) is 11.2 Å². The van der Waals surface area contributed by atoms with Gasteiger partial charge < -0.3 is 14.5 Å². The summed E-state index contributed by atoms with van der Waals surface area (Å²) < 4.78 is 13.2. The highest BCUT2D eigenvalue weighted by Gasteiger charge is 2.26. The van der Waals surface area contributed by atoms with Gasteiger partial charge >= 0.3 is 0 Å². The maximum Gasteiger partial charge on any atom is 0.234 e. The summed E-state index contributed by atoms with van der Waals surface area (Å²) in [4.78, 5) is 13.4. The Morgan fingerprint density at radius 1 is 1.37 bits per heavy atom. The Morgan fingerprint density at radius 2 is 2.30 bits per heavy atom. The average Bonchev–Trinajstić information content (AvgIpc) is 3.35. The van der Waals surface area contributed by atoms with Crippen molar-refractivity contribution in [3.63, 3.8) is 0 Å². The monoisotopic (exact) mass is 372 g/mol. The summed E-state index contributed by atoms with van der Waals surface area (Å²) in [5, 5.41) is 14.9. The fourth-order valence-electron chi connectivity index (χ4n) is 3.30. The normalized spacial score (nSPS) is 17.3. The Balaban J connectivity index is 1.73. The number of nitrogens with zero attached hydrogens (tertiary/aromatic N) is 5. The van der Waals surface area contributed by atoms with Crippen molar-refractivity contribution in [2.75, 3.05) is 23.5 Å². The van der Waals surface area contributed by atoms with Gasteiger partial charge in [-0.2, -0.15) is 0 Å². The van der Waals surface area contributed by atoms with E-state index >= 15 is 0 Å². The first kappa shape index (κ1) is 17.7. The van der Waals surface area contributed by atoms with Gasteiger partial charge in [0.2, 0.25) is 5.95 Å². The SMILES string of the molecule is CCCN(O)c1nc2c(NCc3ccco3)ncnc2n1C1CCCCO1. The highest BCUT2D eigenvalue weighted by Crippen LogP contribution is 2.33. The van der Waals surface area contributed by atoms with Crippen LogP contribution >= 0.6 is 0 Å². The number of ether oxygens (including phenoxy) is 1. The maximum absolute atomic E-state index is 10.5. The first-order valence-corrected chi connectivity index (χ1v) is 9.35. The van der Waals surface area contributed by atoms with Gasteiger partial charge in [0.05, 0.1) is 12.8 Å². The first-order valence-electron chi connectivity index (χ1n) is 9.35. The molecule has 0 radical (unpaired) electrons. The molecule has 3 aromatic heterocycles. The van der Waals surface area contributed by atoms with Crippen LogP contribution in [0.2, 0.25) is 0 Å². The Bertz CT molecular complexity index is 873. The molecule has 4 heterocycles. The molecule has 27 heavy (non-hydrogen) atoms. The van der Waals surface area contributed by atoms with Crippen LogP contribution in [0.1, 0.15) is 44.6 Å². The molecule has 144 valence electrons. The fraction of sp³-hybridized carbons (Fsp3) is 0.500. The van der Waals surface area contributed by atoms with Gasteiger partial charge in [0.1, 0.15) is 18.3 Å². The second-order valence-corrected chi connectivity index (χ2v) is 6.55. The van der Waals surface area contributed by atoms with Crippen LogP contribution in [-0.2, 0) is 11.3 Å². The van der Waals surface area contributed by atoms with Crippen LogP contribution < -0.4 is 10.4 Å². The Labute approximate surface area is 156 Å². The molecule has 1 aliphatic rings. The van der Waals surface area contributed by atoms with Gasteiger partial charge in [-0.05, 0) is 37.8 Å². The highest BCUT2D eigenvalue weighted by atomic mass is 16.5. The molecule has 1 atom stereocenters. The molecule has 3 aromatic rings. The van der Waals surface area contributed by atoms with Crippen molar-refractivity contribution in [3.8, 4) is 0 Å². The summed E-state index contributed by atoms with van der Waals surface area (Å²) in [5.74, 6) is 1.82. The molecule has 1 saturated heterocycles. The van der Waals surface area contributed by atoms with Gasteiger partial charge in [0.25, 0.3) is 0 Å². The van der Waals surface area contributed by atoms with Gasteiger partial charge in [-0.3, -0.25) is 9.77 Å². The summed E-state index contributed by atoms with van der Waals surface area (Å²) in [6.45, 7) is 3.65. The summed E-state index contributed by atoms with van der Waals surface area (Å²) >= 11 is 0. The number of hydrogen-bond donors (Lipinski definition) is 2. The van der Waals surface area contributed by atoms with Crippen molar-refractivity contribution in [1.82, 2.24) is 19.5 Å². The number of furan rings is 1. The van der Waals surface area contributed by atoms with Crippen LogP contribution in [0.15, 0.2) is 29.1 Å². The topological polar surface area (TPSA) is 101 Å². The fourth-order valence-corrected chi connectivity index (χ4v) is 3.30. The average molecular weight is 372 g/mol. The number of anilines is 2. The van der Waals surface area contributed by atoms with Crippen LogP contribution in [0, 0.1) is 0 Å². The molecule has 9 nitrogen and oxygen atoms in total. The molecule has 0 aromatic carbocycles. The Kier molecular flexibility index (Phi) is 5.21. The Hall–Kier alpha value is -2.65. The lowest BCUT2D eigenvalue weighted by atomic mass is 10.2. The third-order valence-corrected chi connectivity index (χ3v) is 4.58. The maximum atomic E-state index is 10.5. The lowest BCUT2D eigenvalue weighted by Gasteiger charge is -2.27. The third kappa shape index (κ3) is 3.60. The minimum absolute atomic E-state index is 0.196. The molecule has 2 N–H and O–H groups in total. The van der Waals surface area contributed by atoms with Gasteiger partial charge in [0, 0.05) is 13.2 Å². The second kappa shape index (κ2) is 7.93. The van der Waals surface area contributed by atoms with Crippen LogP contribution in [0.4, 0.5) is 11.8 Å². The van der Waals surface area contributed by atoms with Gasteiger partial charge in [-0.1, -0.05) is 6.92 Å². The lowest BCUT2D eigenvalue weighted by molar-refractivity contribution is -0.0301. The van der Waals surface area contributed by atoms with Gasteiger partial charge in [0.15, 0.2) is 17.0 Å². The van der Waals surface area contributed by atoms with E-state index in [0.717, 1.165) is 36.5 Å². The highest BCUT2D eigenvalue weighted by molar-refractivity contribution is 5.85. The van der Waals surface area contributed by atoms with E-state index in [9.17, 15) is 5.21 Å². The van der Waals surface area contributed by atoms with E-state index in [-0.39, 0.29) is 6.23 Å². The van der Waals surface area contributed by atoms with Crippen molar-refractivity contribution >= 4 is 22.9 Å². The third-order valence-electron chi connectivity index (χ3n) is 4.58. The number of imidazole rings is 1. The van der Waals surface area contributed by atoms with Crippen molar-refractivity contribution in [2.45, 2.75) is 45.4 Å². The molecule has 1 aliphatic heterocycles. The number of nitrogens with one attached hydrogen (secondary N) is 1. The van der Waals surface area contributed by atoms with Gasteiger partial charge in [-0.15, -0.1) is 0 Å². The second-order valence-electron chi connectivity index (χ2n) is 6.55. The van der Waals surface area contributed by atoms with E-state index in [1.807, 2.05) is 23.6 Å². The van der Waals surface area contributed by atoms with Gasteiger partial charge in [-0.25, -0.2) is 20.0 Å². The summed E-state index contributed by atoms with van der Waals surface area (Å²) in [6, 6.07) is 3.73. The summed E-state index contributed by atoms with van der Waals surface area (Å²) in [6.07, 6.45) is 6.70. The predicted octanol–water partition coefficient (Wildman–Crippen LogP) is 3.34. The molecule has 0 amide bonds. The zero-order valence-electron chi connectivity index (χ0n) is 15.3.